The van der Waals surface area contributed by atoms with Gasteiger partial charge in [0.2, 0.25) is 11.8 Å². The van der Waals surface area contributed by atoms with Crippen LogP contribution in [0.4, 0.5) is 5.82 Å². The molecule has 0 saturated carbocycles. The summed E-state index contributed by atoms with van der Waals surface area (Å²) in [6.07, 6.45) is 3.22. The average Bonchev–Trinajstić information content (AvgIpc) is 2.58. The van der Waals surface area contributed by atoms with E-state index >= 15 is 0 Å². The fraction of sp³-hybridized carbons (Fsp3) is 0.529. The van der Waals surface area contributed by atoms with E-state index in [1.165, 1.54) is 5.56 Å². The summed E-state index contributed by atoms with van der Waals surface area (Å²) < 4.78 is 0. The zero-order valence-electron chi connectivity index (χ0n) is 14.1. The number of aryl methyl sites for hydroxylation is 2. The van der Waals surface area contributed by atoms with E-state index in [9.17, 15) is 14.4 Å². The van der Waals surface area contributed by atoms with Crippen LogP contribution in [0.2, 0.25) is 0 Å². The Balaban J connectivity index is 1.61. The Morgan fingerprint density at radius 1 is 1.16 bits per heavy atom. The second-order valence-electron chi connectivity index (χ2n) is 5.96. The third-order valence-corrected chi connectivity index (χ3v) is 3.87. The van der Waals surface area contributed by atoms with Gasteiger partial charge in [0.1, 0.15) is 12.2 Å². The highest BCUT2D eigenvalue weighted by molar-refractivity contribution is 5.96. The minimum absolute atomic E-state index is 0.0273. The van der Waals surface area contributed by atoms with E-state index in [-0.39, 0.29) is 25.3 Å². The van der Waals surface area contributed by atoms with Crippen LogP contribution in [0.25, 0.3) is 0 Å². The number of carbonyl (C=O) groups excluding carboxylic acids is 2. The summed E-state index contributed by atoms with van der Waals surface area (Å²) >= 11 is 0. The number of nitrogens with one attached hydrogen (secondary N) is 3. The molecule has 2 heterocycles. The molecule has 0 unspecified atom stereocenters. The van der Waals surface area contributed by atoms with Crippen molar-refractivity contribution in [3.05, 3.63) is 23.4 Å². The summed E-state index contributed by atoms with van der Waals surface area (Å²) in [5.74, 6) is -0.865. The second-order valence-corrected chi connectivity index (χ2v) is 5.96. The molecule has 1 aliphatic heterocycles. The monoisotopic (exact) mass is 348 g/mol. The predicted octanol–water partition coefficient (Wildman–Crippen LogP) is 0.470. The van der Waals surface area contributed by atoms with Gasteiger partial charge in [-0.05, 0) is 37.3 Å². The first-order valence-corrected chi connectivity index (χ1v) is 8.52. The van der Waals surface area contributed by atoms with Gasteiger partial charge in [-0.15, -0.1) is 0 Å². The third kappa shape index (κ3) is 6.78. The molecule has 0 radical (unpaired) electrons. The van der Waals surface area contributed by atoms with Crippen LogP contribution in [0.3, 0.4) is 0 Å². The van der Waals surface area contributed by atoms with E-state index in [4.69, 9.17) is 5.11 Å². The lowest BCUT2D eigenvalue weighted by Gasteiger charge is -2.17. The zero-order valence-corrected chi connectivity index (χ0v) is 14.1. The maximum Gasteiger partial charge on any atom is 0.305 e. The van der Waals surface area contributed by atoms with Crippen LogP contribution in [0, 0.1) is 0 Å². The number of fused-ring (bicyclic) bond motifs is 1. The number of carbonyl (C=O) groups is 3. The van der Waals surface area contributed by atoms with Gasteiger partial charge in [-0.1, -0.05) is 6.07 Å². The minimum atomic E-state index is -0.990. The van der Waals surface area contributed by atoms with Gasteiger partial charge in [-0.2, -0.15) is 0 Å². The van der Waals surface area contributed by atoms with Gasteiger partial charge >= 0.3 is 5.97 Å². The number of carboxylic acids is 1. The highest BCUT2D eigenvalue weighted by atomic mass is 16.4. The lowest BCUT2D eigenvalue weighted by molar-refractivity contribution is -0.136. The standard InChI is InChI=1S/C17H24N4O4/c22-14(11-15(23)19-10-7-16(24)25)18-8-2-4-13-6-5-12-3-1-9-20-17(12)21-13/h5-6H,1-4,7-11H2,(H,18,22)(H,19,23)(H,20,21)(H,24,25). The lowest BCUT2D eigenvalue weighted by Crippen LogP contribution is -2.33. The molecule has 0 fully saturated rings. The van der Waals surface area contributed by atoms with Gasteiger partial charge in [0.15, 0.2) is 0 Å². The van der Waals surface area contributed by atoms with Crippen LogP contribution < -0.4 is 16.0 Å². The van der Waals surface area contributed by atoms with Crippen molar-refractivity contribution in [2.45, 2.75) is 38.5 Å². The van der Waals surface area contributed by atoms with Gasteiger partial charge in [0, 0.05) is 25.3 Å². The number of hydrogen-bond acceptors (Lipinski definition) is 5. The second kappa shape index (κ2) is 9.61. The Hall–Kier alpha value is -2.64. The normalized spacial score (nSPS) is 12.6. The van der Waals surface area contributed by atoms with Crippen molar-refractivity contribution >= 4 is 23.6 Å². The van der Waals surface area contributed by atoms with Crippen LogP contribution in [0.15, 0.2) is 12.1 Å². The molecular formula is C17H24N4O4. The van der Waals surface area contributed by atoms with Crippen LogP contribution >= 0.6 is 0 Å². The smallest absolute Gasteiger partial charge is 0.305 e. The van der Waals surface area contributed by atoms with Crippen molar-refractivity contribution < 1.29 is 19.5 Å². The average molecular weight is 348 g/mol. The summed E-state index contributed by atoms with van der Waals surface area (Å²) in [4.78, 5) is 38.0. The Bertz CT molecular complexity index is 633. The largest absolute Gasteiger partial charge is 0.481 e. The van der Waals surface area contributed by atoms with Crippen LogP contribution in [-0.2, 0) is 27.2 Å². The maximum atomic E-state index is 11.6. The quantitative estimate of drug-likeness (QED) is 0.380. The van der Waals surface area contributed by atoms with Crippen molar-refractivity contribution in [2.24, 2.45) is 0 Å². The molecular weight excluding hydrogens is 324 g/mol. The van der Waals surface area contributed by atoms with E-state index in [1.54, 1.807) is 0 Å². The third-order valence-electron chi connectivity index (χ3n) is 3.87. The number of aliphatic carboxylic acids is 1. The molecule has 136 valence electrons. The number of carboxylic acid groups (broad SMARTS) is 1. The summed E-state index contributed by atoms with van der Waals surface area (Å²) in [6.45, 7) is 1.45. The number of amides is 2. The van der Waals surface area contributed by atoms with Gasteiger partial charge in [-0.3, -0.25) is 14.4 Å². The number of nitrogens with zero attached hydrogens (tertiary/aromatic N) is 1. The van der Waals surface area contributed by atoms with E-state index in [0.29, 0.717) is 6.54 Å². The van der Waals surface area contributed by atoms with Crippen LogP contribution in [0.5, 0.6) is 0 Å². The molecule has 0 aliphatic carbocycles. The SMILES string of the molecule is O=C(O)CCNC(=O)CC(=O)NCCCc1ccc2c(n1)NCCC2. The molecule has 0 atom stereocenters. The molecule has 4 N–H and O–H groups in total. The first-order chi connectivity index (χ1) is 12.0. The van der Waals surface area contributed by atoms with E-state index < -0.39 is 11.9 Å². The van der Waals surface area contributed by atoms with E-state index in [1.807, 2.05) is 6.07 Å². The topological polar surface area (TPSA) is 120 Å². The minimum Gasteiger partial charge on any atom is -0.481 e. The van der Waals surface area contributed by atoms with Crippen molar-refractivity contribution in [1.82, 2.24) is 15.6 Å². The van der Waals surface area contributed by atoms with Crippen molar-refractivity contribution in [3.8, 4) is 0 Å². The fourth-order valence-electron chi connectivity index (χ4n) is 2.59. The van der Waals surface area contributed by atoms with Crippen LogP contribution in [-0.4, -0.2) is 47.5 Å². The number of pyridine rings is 1. The molecule has 0 aromatic carbocycles. The van der Waals surface area contributed by atoms with Crippen molar-refractivity contribution in [1.29, 1.82) is 0 Å². The van der Waals surface area contributed by atoms with Gasteiger partial charge in [0.25, 0.3) is 0 Å². The predicted molar refractivity (Wildman–Crippen MR) is 92.3 cm³/mol. The molecule has 0 spiro atoms. The number of aromatic nitrogens is 1. The number of rotatable bonds is 9. The first-order valence-electron chi connectivity index (χ1n) is 8.52. The van der Waals surface area contributed by atoms with Crippen molar-refractivity contribution in [3.63, 3.8) is 0 Å². The van der Waals surface area contributed by atoms with Gasteiger partial charge < -0.3 is 21.1 Å². The Morgan fingerprint density at radius 3 is 2.68 bits per heavy atom. The van der Waals surface area contributed by atoms with Crippen molar-refractivity contribution in [2.75, 3.05) is 25.0 Å². The molecule has 0 saturated heterocycles. The number of anilines is 1. The molecule has 25 heavy (non-hydrogen) atoms. The summed E-state index contributed by atoms with van der Waals surface area (Å²) in [7, 11) is 0. The molecule has 8 nitrogen and oxygen atoms in total. The fourth-order valence-corrected chi connectivity index (χ4v) is 2.59. The molecule has 2 amide bonds. The molecule has 2 rings (SSSR count). The first kappa shape index (κ1) is 18.7. The summed E-state index contributed by atoms with van der Waals surface area (Å²) in [6, 6.07) is 4.12. The lowest BCUT2D eigenvalue weighted by atomic mass is 10.1. The summed E-state index contributed by atoms with van der Waals surface area (Å²) in [5.41, 5.74) is 2.23. The van der Waals surface area contributed by atoms with Gasteiger partial charge in [-0.25, -0.2) is 4.98 Å². The number of hydrogen-bond donors (Lipinski definition) is 4. The molecule has 1 aliphatic rings. The van der Waals surface area contributed by atoms with E-state index in [2.05, 4.69) is 27.0 Å². The van der Waals surface area contributed by atoms with Gasteiger partial charge in [0.05, 0.1) is 6.42 Å². The Kier molecular flexibility index (Phi) is 7.18. The zero-order chi connectivity index (χ0) is 18.1. The Morgan fingerprint density at radius 2 is 1.92 bits per heavy atom. The Labute approximate surface area is 146 Å². The summed E-state index contributed by atoms with van der Waals surface area (Å²) in [5, 5.41) is 16.8. The highest BCUT2D eigenvalue weighted by Gasteiger charge is 2.11. The molecule has 8 heteroatoms. The van der Waals surface area contributed by atoms with Crippen LogP contribution in [0.1, 0.15) is 36.9 Å². The maximum absolute atomic E-state index is 11.6. The highest BCUT2D eigenvalue weighted by Crippen LogP contribution is 2.19. The molecule has 1 aromatic rings. The van der Waals surface area contributed by atoms with E-state index in [0.717, 1.165) is 43.7 Å². The molecule has 1 aromatic heterocycles. The molecule has 0 bridgehead atoms.